The summed E-state index contributed by atoms with van der Waals surface area (Å²) in [5.74, 6) is 0.540. The van der Waals surface area contributed by atoms with Crippen molar-refractivity contribution in [2.75, 3.05) is 0 Å². The van der Waals surface area contributed by atoms with Gasteiger partial charge >= 0.3 is 0 Å². The zero-order valence-corrected chi connectivity index (χ0v) is 17.8. The zero-order valence-electron chi connectivity index (χ0n) is 17.0. The van der Waals surface area contributed by atoms with Crippen LogP contribution in [-0.2, 0) is 0 Å². The van der Waals surface area contributed by atoms with Gasteiger partial charge in [-0.25, -0.2) is 0 Å². The molecule has 0 amide bonds. The van der Waals surface area contributed by atoms with Gasteiger partial charge in [0.2, 0.25) is 5.71 Å². The average Bonchev–Trinajstić information content (AvgIpc) is 3.57. The fourth-order valence-electron chi connectivity index (χ4n) is 4.30. The Morgan fingerprint density at radius 3 is 2.09 bits per heavy atom. The minimum absolute atomic E-state index is 0.110. The summed E-state index contributed by atoms with van der Waals surface area (Å²) < 4.78 is 12.6. The van der Waals surface area contributed by atoms with Crippen LogP contribution in [0.25, 0.3) is 49.0 Å². The van der Waals surface area contributed by atoms with Crippen LogP contribution in [0.4, 0.5) is 0 Å². The van der Waals surface area contributed by atoms with E-state index >= 15 is 0 Å². The van der Waals surface area contributed by atoms with Crippen molar-refractivity contribution in [1.29, 1.82) is 0 Å². The van der Waals surface area contributed by atoms with Gasteiger partial charge in [0, 0.05) is 22.6 Å². The molecule has 6 heteroatoms. The molecule has 0 aliphatic heterocycles. The third-order valence-corrected chi connectivity index (χ3v) is 6.89. The number of furan rings is 2. The van der Waals surface area contributed by atoms with Gasteiger partial charge in [0.25, 0.3) is 0 Å². The molecule has 6 aromatic rings. The first-order valence-electron chi connectivity index (χ1n) is 10.4. The molecule has 0 bridgehead atoms. The molecule has 156 valence electrons. The van der Waals surface area contributed by atoms with Gasteiger partial charge in [0.1, 0.15) is 11.3 Å². The maximum atomic E-state index is 13.0. The van der Waals surface area contributed by atoms with Crippen molar-refractivity contribution in [2.24, 2.45) is 0 Å². The Labute approximate surface area is 190 Å². The number of carbonyl (C=O) groups is 2. The second kappa shape index (κ2) is 6.60. The van der Waals surface area contributed by atoms with E-state index in [1.165, 1.54) is 17.4 Å². The fourth-order valence-corrected chi connectivity index (χ4v) is 5.19. The minimum atomic E-state index is -0.281. The zero-order chi connectivity index (χ0) is 22.1. The van der Waals surface area contributed by atoms with Gasteiger partial charge in [0.15, 0.2) is 22.3 Å². The van der Waals surface area contributed by atoms with E-state index in [9.17, 15) is 9.59 Å². The van der Waals surface area contributed by atoms with Crippen LogP contribution < -0.4 is 0 Å². The second-order valence-corrected chi connectivity index (χ2v) is 8.98. The standard InChI is InChI=1S/C27H13NO4S/c29-24-18-9-14-5-1-2-6-15(14)10-19(18)25(30)20(24)12-17-13-23-26(31-17)28-27(33-23)22-11-16-7-3-4-8-21(16)32-22/h1-13H. The van der Waals surface area contributed by atoms with Crippen LogP contribution in [-0.4, -0.2) is 16.6 Å². The lowest BCUT2D eigenvalue weighted by molar-refractivity contribution is 0.0990. The van der Waals surface area contributed by atoms with E-state index in [2.05, 4.69) is 4.98 Å². The molecule has 3 aromatic carbocycles. The van der Waals surface area contributed by atoms with Gasteiger partial charge in [-0.15, -0.1) is 11.3 Å². The molecule has 5 nitrogen and oxygen atoms in total. The second-order valence-electron chi connectivity index (χ2n) is 7.95. The molecular formula is C27H13NO4S. The molecule has 0 radical (unpaired) electrons. The molecular weight excluding hydrogens is 434 g/mol. The Kier molecular flexibility index (Phi) is 3.66. The molecule has 0 spiro atoms. The largest absolute Gasteiger partial charge is 0.454 e. The monoisotopic (exact) mass is 447 g/mol. The van der Waals surface area contributed by atoms with Crippen molar-refractivity contribution in [3.05, 3.63) is 95.3 Å². The molecule has 0 unspecified atom stereocenters. The number of hydrogen-bond acceptors (Lipinski definition) is 6. The number of nitrogens with zero attached hydrogens (tertiary/aromatic N) is 1. The molecule has 0 N–H and O–H groups in total. The molecule has 1 aliphatic rings. The van der Waals surface area contributed by atoms with Gasteiger partial charge in [0.05, 0.1) is 10.3 Å². The van der Waals surface area contributed by atoms with Gasteiger partial charge < -0.3 is 8.83 Å². The van der Waals surface area contributed by atoms with E-state index in [-0.39, 0.29) is 17.1 Å². The van der Waals surface area contributed by atoms with Crippen LogP contribution in [0.2, 0.25) is 0 Å². The lowest BCUT2D eigenvalue weighted by Gasteiger charge is -2.00. The lowest BCUT2D eigenvalue weighted by atomic mass is 10.0. The number of hydrogen-bond donors (Lipinski definition) is 0. The maximum Gasteiger partial charge on any atom is 0.238 e. The summed E-state index contributed by atoms with van der Waals surface area (Å²) in [6, 6.07) is 22.8. The molecule has 1 aliphatic carbocycles. The Morgan fingerprint density at radius 2 is 1.42 bits per heavy atom. The van der Waals surface area contributed by atoms with Crippen LogP contribution >= 0.6 is 11.3 Å². The summed E-state index contributed by atoms with van der Waals surface area (Å²) in [4.78, 5) is 30.5. The summed E-state index contributed by atoms with van der Waals surface area (Å²) in [5.41, 5.74) is 2.23. The summed E-state index contributed by atoms with van der Waals surface area (Å²) >= 11 is 1.44. The highest BCUT2D eigenvalue weighted by molar-refractivity contribution is 7.21. The van der Waals surface area contributed by atoms with Crippen LogP contribution in [0.1, 0.15) is 26.5 Å². The molecule has 0 saturated heterocycles. The number of ketones is 2. The van der Waals surface area contributed by atoms with E-state index < -0.39 is 0 Å². The smallest absolute Gasteiger partial charge is 0.238 e. The van der Waals surface area contributed by atoms with E-state index in [1.54, 1.807) is 18.2 Å². The summed E-state index contributed by atoms with van der Waals surface area (Å²) in [6.45, 7) is 0. The van der Waals surface area contributed by atoms with Crippen LogP contribution in [0.15, 0.2) is 87.2 Å². The topological polar surface area (TPSA) is 73.3 Å². The molecule has 33 heavy (non-hydrogen) atoms. The summed E-state index contributed by atoms with van der Waals surface area (Å²) in [7, 11) is 0. The number of carbonyl (C=O) groups excluding carboxylic acids is 2. The fraction of sp³-hybridized carbons (Fsp3) is 0. The van der Waals surface area contributed by atoms with Gasteiger partial charge in [-0.05, 0) is 41.1 Å². The number of allylic oxidation sites excluding steroid dienone is 1. The van der Waals surface area contributed by atoms with Gasteiger partial charge in [-0.3, -0.25) is 9.59 Å². The Bertz CT molecular complexity index is 1690. The van der Waals surface area contributed by atoms with Crippen molar-refractivity contribution < 1.29 is 18.4 Å². The molecule has 0 fully saturated rings. The number of fused-ring (bicyclic) bond motifs is 4. The van der Waals surface area contributed by atoms with Gasteiger partial charge in [-0.2, -0.15) is 4.98 Å². The quantitative estimate of drug-likeness (QED) is 0.213. The number of benzene rings is 3. The molecule has 7 rings (SSSR count). The predicted octanol–water partition coefficient (Wildman–Crippen LogP) is 6.92. The number of rotatable bonds is 2. The number of para-hydroxylation sites is 1. The number of Topliss-reactive ketones (excluding diaryl/α,β-unsaturated/α-hetero) is 2. The Hall–Kier alpha value is -4.29. The van der Waals surface area contributed by atoms with Crippen molar-refractivity contribution >= 4 is 61.1 Å². The van der Waals surface area contributed by atoms with Crippen molar-refractivity contribution in [3.63, 3.8) is 0 Å². The maximum absolute atomic E-state index is 13.0. The van der Waals surface area contributed by atoms with Crippen LogP contribution in [0, 0.1) is 0 Å². The molecule has 0 atom stereocenters. The number of aromatic nitrogens is 1. The third kappa shape index (κ3) is 2.74. The lowest BCUT2D eigenvalue weighted by Crippen LogP contribution is -1.99. The normalized spacial score (nSPS) is 13.5. The molecule has 0 saturated carbocycles. The molecule has 3 heterocycles. The van der Waals surface area contributed by atoms with E-state index in [4.69, 9.17) is 8.83 Å². The van der Waals surface area contributed by atoms with Gasteiger partial charge in [-0.1, -0.05) is 42.5 Å². The van der Waals surface area contributed by atoms with Crippen molar-refractivity contribution in [3.8, 4) is 10.8 Å². The Morgan fingerprint density at radius 1 is 0.758 bits per heavy atom. The highest BCUT2D eigenvalue weighted by atomic mass is 32.1. The highest BCUT2D eigenvalue weighted by Gasteiger charge is 2.33. The number of thiazole rings is 1. The molecule has 3 aromatic heterocycles. The Balaban J connectivity index is 1.26. The van der Waals surface area contributed by atoms with E-state index in [0.29, 0.717) is 33.4 Å². The van der Waals surface area contributed by atoms with E-state index in [1.807, 2.05) is 54.6 Å². The average molecular weight is 447 g/mol. The van der Waals surface area contributed by atoms with Crippen molar-refractivity contribution in [1.82, 2.24) is 4.98 Å². The third-order valence-electron chi connectivity index (χ3n) is 5.90. The summed E-state index contributed by atoms with van der Waals surface area (Å²) in [6.07, 6.45) is 1.52. The van der Waals surface area contributed by atoms with Crippen LogP contribution in [0.3, 0.4) is 0 Å². The first-order chi connectivity index (χ1) is 16.1. The SMILES string of the molecule is O=C1C(=Cc2cc3sc(-c4cc5ccccc5o4)nc3o2)C(=O)c2cc3ccccc3cc21. The first kappa shape index (κ1) is 18.3. The van der Waals surface area contributed by atoms with Crippen molar-refractivity contribution in [2.45, 2.75) is 0 Å². The highest BCUT2D eigenvalue weighted by Crippen LogP contribution is 2.37. The minimum Gasteiger partial charge on any atom is -0.454 e. The first-order valence-corrected chi connectivity index (χ1v) is 11.2. The van der Waals surface area contributed by atoms with E-state index in [0.717, 1.165) is 26.4 Å². The summed E-state index contributed by atoms with van der Waals surface area (Å²) in [5, 5.41) is 3.58. The van der Waals surface area contributed by atoms with Crippen LogP contribution in [0.5, 0.6) is 0 Å². The predicted molar refractivity (Wildman–Crippen MR) is 128 cm³/mol.